The Morgan fingerprint density at radius 2 is 1.86 bits per heavy atom. The van der Waals surface area contributed by atoms with Crippen LogP contribution in [0.5, 0.6) is 0 Å². The van der Waals surface area contributed by atoms with Crippen LogP contribution in [0.2, 0.25) is 5.02 Å². The molecule has 0 bridgehead atoms. The lowest BCUT2D eigenvalue weighted by atomic mass is 10.1. The van der Waals surface area contributed by atoms with E-state index in [4.69, 9.17) is 11.6 Å². The molecule has 1 heterocycles. The van der Waals surface area contributed by atoms with E-state index in [1.165, 1.54) is 11.1 Å². The zero-order chi connectivity index (χ0) is 15.8. The Bertz CT molecular complexity index is 651. The highest BCUT2D eigenvalue weighted by Crippen LogP contribution is 2.25. The molecule has 0 spiro atoms. The second-order valence-corrected chi connectivity index (χ2v) is 7.00. The fourth-order valence-corrected chi connectivity index (χ4v) is 2.44. The Balaban J connectivity index is 2.29. The Morgan fingerprint density at radius 1 is 1.19 bits per heavy atom. The second kappa shape index (κ2) is 5.82. The van der Waals surface area contributed by atoms with Crippen LogP contribution in [0.25, 0.3) is 5.69 Å². The van der Waals surface area contributed by atoms with Crippen molar-refractivity contribution in [3.05, 3.63) is 45.7 Å². The zero-order valence-electron chi connectivity index (χ0n) is 13.7. The minimum Gasteiger partial charge on any atom is -0.308 e. The number of rotatable bonds is 3. The Morgan fingerprint density at radius 3 is 2.33 bits per heavy atom. The van der Waals surface area contributed by atoms with Crippen molar-refractivity contribution < 1.29 is 0 Å². The first-order valence-corrected chi connectivity index (χ1v) is 7.63. The van der Waals surface area contributed by atoms with Gasteiger partial charge >= 0.3 is 0 Å². The molecular weight excluding hydrogens is 282 g/mol. The normalized spacial score (nSPS) is 12.0. The van der Waals surface area contributed by atoms with E-state index in [0.29, 0.717) is 0 Å². The van der Waals surface area contributed by atoms with E-state index < -0.39 is 0 Å². The van der Waals surface area contributed by atoms with Crippen molar-refractivity contribution in [3.63, 3.8) is 0 Å². The average molecular weight is 306 g/mol. The first-order chi connectivity index (χ1) is 9.69. The van der Waals surface area contributed by atoms with Gasteiger partial charge in [0.05, 0.1) is 16.4 Å². The highest BCUT2D eigenvalue weighted by molar-refractivity contribution is 6.32. The van der Waals surface area contributed by atoms with Gasteiger partial charge in [0.2, 0.25) is 0 Å². The van der Waals surface area contributed by atoms with Crippen molar-refractivity contribution in [1.29, 1.82) is 0 Å². The van der Waals surface area contributed by atoms with Crippen LogP contribution in [0.3, 0.4) is 0 Å². The van der Waals surface area contributed by atoms with Gasteiger partial charge in [0.25, 0.3) is 0 Å². The molecule has 3 nitrogen and oxygen atoms in total. The van der Waals surface area contributed by atoms with Gasteiger partial charge in [-0.1, -0.05) is 17.7 Å². The largest absolute Gasteiger partial charge is 0.308 e. The molecule has 0 aliphatic carbocycles. The van der Waals surface area contributed by atoms with Crippen LogP contribution in [0.4, 0.5) is 0 Å². The van der Waals surface area contributed by atoms with E-state index in [0.717, 1.165) is 28.6 Å². The first-order valence-electron chi connectivity index (χ1n) is 7.25. The maximum Gasteiger partial charge on any atom is 0.0835 e. The van der Waals surface area contributed by atoms with E-state index in [9.17, 15) is 0 Å². The SMILES string of the molecule is Cc1nn(-c2ccc(CNC(C)(C)C)cc2Cl)c(C)c1C. The maximum atomic E-state index is 6.46. The van der Waals surface area contributed by atoms with Crippen LogP contribution >= 0.6 is 11.6 Å². The number of hydrogen-bond donors (Lipinski definition) is 1. The van der Waals surface area contributed by atoms with Crippen LogP contribution in [-0.2, 0) is 6.54 Å². The summed E-state index contributed by atoms with van der Waals surface area (Å²) in [7, 11) is 0. The number of nitrogens with zero attached hydrogens (tertiary/aromatic N) is 2. The van der Waals surface area contributed by atoms with Crippen LogP contribution in [0.1, 0.15) is 43.3 Å². The highest BCUT2D eigenvalue weighted by Gasteiger charge is 2.13. The molecule has 0 saturated heterocycles. The molecule has 0 saturated carbocycles. The van der Waals surface area contributed by atoms with Gasteiger partial charge in [-0.2, -0.15) is 5.10 Å². The van der Waals surface area contributed by atoms with E-state index in [1.807, 2.05) is 23.7 Å². The van der Waals surface area contributed by atoms with Gasteiger partial charge in [0.15, 0.2) is 0 Å². The third-order valence-electron chi connectivity index (χ3n) is 3.72. The van der Waals surface area contributed by atoms with Crippen molar-refractivity contribution in [1.82, 2.24) is 15.1 Å². The number of hydrogen-bond acceptors (Lipinski definition) is 2. The molecule has 114 valence electrons. The fraction of sp³-hybridized carbons (Fsp3) is 0.471. The summed E-state index contributed by atoms with van der Waals surface area (Å²) in [4.78, 5) is 0. The van der Waals surface area contributed by atoms with Gasteiger partial charge in [0.1, 0.15) is 0 Å². The molecule has 0 atom stereocenters. The second-order valence-electron chi connectivity index (χ2n) is 6.60. The van der Waals surface area contributed by atoms with E-state index in [2.05, 4.69) is 51.1 Å². The van der Waals surface area contributed by atoms with E-state index in [-0.39, 0.29) is 5.54 Å². The predicted molar refractivity (Wildman–Crippen MR) is 89.4 cm³/mol. The third-order valence-corrected chi connectivity index (χ3v) is 4.02. The van der Waals surface area contributed by atoms with Crippen molar-refractivity contribution in [3.8, 4) is 5.69 Å². The summed E-state index contributed by atoms with van der Waals surface area (Å²) in [5, 5.41) is 8.77. The summed E-state index contributed by atoms with van der Waals surface area (Å²) in [6, 6.07) is 6.16. The minimum atomic E-state index is 0.0952. The Labute approximate surface area is 132 Å². The van der Waals surface area contributed by atoms with E-state index >= 15 is 0 Å². The van der Waals surface area contributed by atoms with Gasteiger partial charge in [-0.3, -0.25) is 0 Å². The molecule has 0 aliphatic heterocycles. The number of halogens is 1. The molecule has 0 unspecified atom stereocenters. The third kappa shape index (κ3) is 3.66. The first kappa shape index (κ1) is 16.1. The predicted octanol–water partition coefficient (Wildman–Crippen LogP) is 4.34. The number of nitrogens with one attached hydrogen (secondary N) is 1. The lowest BCUT2D eigenvalue weighted by Gasteiger charge is -2.20. The lowest BCUT2D eigenvalue weighted by Crippen LogP contribution is -2.35. The van der Waals surface area contributed by atoms with Gasteiger partial charge in [-0.15, -0.1) is 0 Å². The molecule has 2 rings (SSSR count). The van der Waals surface area contributed by atoms with Gasteiger partial charge < -0.3 is 5.32 Å². The molecule has 0 fully saturated rings. The van der Waals surface area contributed by atoms with Gasteiger partial charge in [-0.05, 0) is 64.8 Å². The monoisotopic (exact) mass is 305 g/mol. The summed E-state index contributed by atoms with van der Waals surface area (Å²) in [5.74, 6) is 0. The van der Waals surface area contributed by atoms with Crippen molar-refractivity contribution in [2.45, 2.75) is 53.6 Å². The summed E-state index contributed by atoms with van der Waals surface area (Å²) in [5.41, 5.74) is 5.60. The molecule has 0 aliphatic rings. The summed E-state index contributed by atoms with van der Waals surface area (Å²) < 4.78 is 1.92. The van der Waals surface area contributed by atoms with Crippen LogP contribution in [0.15, 0.2) is 18.2 Å². The van der Waals surface area contributed by atoms with Crippen LogP contribution < -0.4 is 5.32 Å². The molecule has 0 amide bonds. The zero-order valence-corrected chi connectivity index (χ0v) is 14.5. The highest BCUT2D eigenvalue weighted by atomic mass is 35.5. The van der Waals surface area contributed by atoms with Crippen LogP contribution in [-0.4, -0.2) is 15.3 Å². The fourth-order valence-electron chi connectivity index (χ4n) is 2.15. The summed E-state index contributed by atoms with van der Waals surface area (Å²) in [6.45, 7) is 13.4. The van der Waals surface area contributed by atoms with Crippen molar-refractivity contribution in [2.75, 3.05) is 0 Å². The molecule has 2 aromatic rings. The molecule has 0 radical (unpaired) electrons. The molecule has 1 aromatic carbocycles. The summed E-state index contributed by atoms with van der Waals surface area (Å²) >= 11 is 6.46. The average Bonchev–Trinajstić information content (AvgIpc) is 2.63. The van der Waals surface area contributed by atoms with Crippen molar-refractivity contribution >= 4 is 11.6 Å². The molecular formula is C17H24ClN3. The Hall–Kier alpha value is -1.32. The number of aryl methyl sites for hydroxylation is 1. The Kier molecular flexibility index (Phi) is 4.45. The molecule has 1 aromatic heterocycles. The minimum absolute atomic E-state index is 0.0952. The number of benzene rings is 1. The maximum absolute atomic E-state index is 6.46. The van der Waals surface area contributed by atoms with Gasteiger partial charge in [0, 0.05) is 17.8 Å². The topological polar surface area (TPSA) is 29.9 Å². The quantitative estimate of drug-likeness (QED) is 0.914. The number of aromatic nitrogens is 2. The summed E-state index contributed by atoms with van der Waals surface area (Å²) in [6.07, 6.45) is 0. The molecule has 4 heteroatoms. The smallest absolute Gasteiger partial charge is 0.0835 e. The van der Waals surface area contributed by atoms with E-state index in [1.54, 1.807) is 0 Å². The van der Waals surface area contributed by atoms with Crippen molar-refractivity contribution in [2.24, 2.45) is 0 Å². The van der Waals surface area contributed by atoms with Crippen LogP contribution in [0, 0.1) is 20.8 Å². The lowest BCUT2D eigenvalue weighted by molar-refractivity contribution is 0.424. The molecule has 1 N–H and O–H groups in total. The molecule has 21 heavy (non-hydrogen) atoms. The standard InChI is InChI=1S/C17H24ClN3/c1-11-12(2)20-21(13(11)3)16-8-7-14(9-15(16)18)10-19-17(4,5)6/h7-9,19H,10H2,1-6H3. The van der Waals surface area contributed by atoms with Gasteiger partial charge in [-0.25, -0.2) is 4.68 Å².